The molecular weight excluding hydrogens is 229 g/mol. The third-order valence-electron chi connectivity index (χ3n) is 2.65. The SMILES string of the molecule is CC(C)C(CCN)c1ccc(Cl)c(Cl)c1. The smallest absolute Gasteiger partial charge is 0.0595 e. The van der Waals surface area contributed by atoms with Crippen molar-refractivity contribution in [1.29, 1.82) is 0 Å². The molecule has 0 aliphatic heterocycles. The first-order valence-corrected chi connectivity index (χ1v) is 5.97. The first kappa shape index (κ1) is 12.8. The summed E-state index contributed by atoms with van der Waals surface area (Å²) in [6.45, 7) is 5.09. The van der Waals surface area contributed by atoms with Crippen LogP contribution in [0.2, 0.25) is 10.0 Å². The van der Waals surface area contributed by atoms with Gasteiger partial charge in [0.15, 0.2) is 0 Å². The summed E-state index contributed by atoms with van der Waals surface area (Å²) in [6, 6.07) is 5.84. The highest BCUT2D eigenvalue weighted by Gasteiger charge is 2.15. The average Bonchev–Trinajstić information content (AvgIpc) is 2.18. The van der Waals surface area contributed by atoms with Crippen molar-refractivity contribution in [2.24, 2.45) is 11.7 Å². The number of hydrogen-bond donors (Lipinski definition) is 1. The molecule has 0 aliphatic rings. The van der Waals surface area contributed by atoms with E-state index in [4.69, 9.17) is 28.9 Å². The molecule has 0 aromatic heterocycles. The highest BCUT2D eigenvalue weighted by molar-refractivity contribution is 6.42. The van der Waals surface area contributed by atoms with Crippen molar-refractivity contribution < 1.29 is 0 Å². The number of nitrogens with two attached hydrogens (primary N) is 1. The van der Waals surface area contributed by atoms with Crippen LogP contribution in [-0.4, -0.2) is 6.54 Å². The molecule has 1 unspecified atom stereocenters. The summed E-state index contributed by atoms with van der Waals surface area (Å²) in [5.41, 5.74) is 6.84. The topological polar surface area (TPSA) is 26.0 Å². The Hall–Kier alpha value is -0.240. The Balaban J connectivity index is 2.95. The van der Waals surface area contributed by atoms with Crippen LogP contribution < -0.4 is 5.73 Å². The lowest BCUT2D eigenvalue weighted by atomic mass is 9.86. The van der Waals surface area contributed by atoms with Crippen LogP contribution >= 0.6 is 23.2 Å². The van der Waals surface area contributed by atoms with Crippen molar-refractivity contribution in [2.75, 3.05) is 6.54 Å². The number of hydrogen-bond acceptors (Lipinski definition) is 1. The minimum Gasteiger partial charge on any atom is -0.330 e. The van der Waals surface area contributed by atoms with Crippen molar-refractivity contribution in [2.45, 2.75) is 26.2 Å². The van der Waals surface area contributed by atoms with E-state index in [9.17, 15) is 0 Å². The molecule has 1 rings (SSSR count). The van der Waals surface area contributed by atoms with E-state index >= 15 is 0 Å². The van der Waals surface area contributed by atoms with Crippen molar-refractivity contribution >= 4 is 23.2 Å². The zero-order valence-electron chi connectivity index (χ0n) is 9.13. The van der Waals surface area contributed by atoms with Crippen LogP contribution in [0.3, 0.4) is 0 Å². The minimum atomic E-state index is 0.463. The Labute approximate surface area is 102 Å². The van der Waals surface area contributed by atoms with Gasteiger partial charge in [0.25, 0.3) is 0 Å². The molecular formula is C12H17Cl2N. The Morgan fingerprint density at radius 1 is 1.20 bits per heavy atom. The summed E-state index contributed by atoms with van der Waals surface area (Å²) in [4.78, 5) is 0. The Morgan fingerprint density at radius 2 is 1.87 bits per heavy atom. The third kappa shape index (κ3) is 3.37. The van der Waals surface area contributed by atoms with Crippen LogP contribution in [-0.2, 0) is 0 Å². The molecule has 0 saturated carbocycles. The van der Waals surface area contributed by atoms with E-state index in [0.717, 1.165) is 6.42 Å². The van der Waals surface area contributed by atoms with Gasteiger partial charge in [0.05, 0.1) is 10.0 Å². The van der Waals surface area contributed by atoms with Crippen molar-refractivity contribution in [3.05, 3.63) is 33.8 Å². The second-order valence-corrected chi connectivity index (χ2v) is 4.92. The van der Waals surface area contributed by atoms with E-state index in [1.54, 1.807) is 0 Å². The monoisotopic (exact) mass is 245 g/mol. The fourth-order valence-corrected chi connectivity index (χ4v) is 2.11. The zero-order valence-corrected chi connectivity index (χ0v) is 10.6. The number of halogens is 2. The maximum absolute atomic E-state index is 6.00. The minimum absolute atomic E-state index is 0.463. The summed E-state index contributed by atoms with van der Waals surface area (Å²) >= 11 is 11.9. The number of rotatable bonds is 4. The molecule has 1 aromatic carbocycles. The van der Waals surface area contributed by atoms with Gasteiger partial charge in [-0.25, -0.2) is 0 Å². The summed E-state index contributed by atoms with van der Waals surface area (Å²) < 4.78 is 0. The van der Waals surface area contributed by atoms with E-state index in [2.05, 4.69) is 13.8 Å². The molecule has 0 saturated heterocycles. The van der Waals surface area contributed by atoms with Gasteiger partial charge in [-0.05, 0) is 42.5 Å². The predicted octanol–water partition coefficient (Wildman–Crippen LogP) is 4.08. The van der Waals surface area contributed by atoms with Gasteiger partial charge in [-0.3, -0.25) is 0 Å². The predicted molar refractivity (Wildman–Crippen MR) is 67.7 cm³/mol. The Bertz CT molecular complexity index is 323. The quantitative estimate of drug-likeness (QED) is 0.850. The fourth-order valence-electron chi connectivity index (χ4n) is 1.81. The second-order valence-electron chi connectivity index (χ2n) is 4.10. The molecule has 3 heteroatoms. The number of benzene rings is 1. The molecule has 0 spiro atoms. The summed E-state index contributed by atoms with van der Waals surface area (Å²) in [5.74, 6) is 1.02. The lowest BCUT2D eigenvalue weighted by molar-refractivity contribution is 0.473. The van der Waals surface area contributed by atoms with Crippen LogP contribution in [0.5, 0.6) is 0 Å². The van der Waals surface area contributed by atoms with Gasteiger partial charge in [-0.15, -0.1) is 0 Å². The molecule has 84 valence electrons. The highest BCUT2D eigenvalue weighted by atomic mass is 35.5. The fraction of sp³-hybridized carbons (Fsp3) is 0.500. The second kappa shape index (κ2) is 5.74. The molecule has 0 bridgehead atoms. The largest absolute Gasteiger partial charge is 0.330 e. The van der Waals surface area contributed by atoms with E-state index in [1.165, 1.54) is 5.56 Å². The van der Waals surface area contributed by atoms with E-state index < -0.39 is 0 Å². The third-order valence-corrected chi connectivity index (χ3v) is 3.39. The molecule has 0 heterocycles. The van der Waals surface area contributed by atoms with Gasteiger partial charge in [0, 0.05) is 0 Å². The molecule has 0 fully saturated rings. The summed E-state index contributed by atoms with van der Waals surface area (Å²) in [6.07, 6.45) is 0.982. The van der Waals surface area contributed by atoms with Crippen molar-refractivity contribution in [3.8, 4) is 0 Å². The van der Waals surface area contributed by atoms with Gasteiger partial charge in [0.2, 0.25) is 0 Å². The molecule has 1 atom stereocenters. The van der Waals surface area contributed by atoms with E-state index in [1.807, 2.05) is 18.2 Å². The van der Waals surface area contributed by atoms with Crippen LogP contribution in [0, 0.1) is 5.92 Å². The maximum atomic E-state index is 6.00. The van der Waals surface area contributed by atoms with Crippen molar-refractivity contribution in [1.82, 2.24) is 0 Å². The zero-order chi connectivity index (χ0) is 11.4. The maximum Gasteiger partial charge on any atom is 0.0595 e. The average molecular weight is 246 g/mol. The Morgan fingerprint density at radius 3 is 2.33 bits per heavy atom. The normalized spacial score (nSPS) is 13.2. The van der Waals surface area contributed by atoms with E-state index in [-0.39, 0.29) is 0 Å². The Kier molecular flexibility index (Phi) is 4.91. The summed E-state index contributed by atoms with van der Waals surface area (Å²) in [7, 11) is 0. The molecule has 0 aliphatic carbocycles. The lowest BCUT2D eigenvalue weighted by Gasteiger charge is -2.21. The van der Waals surface area contributed by atoms with Crippen molar-refractivity contribution in [3.63, 3.8) is 0 Å². The molecule has 15 heavy (non-hydrogen) atoms. The molecule has 2 N–H and O–H groups in total. The summed E-state index contributed by atoms with van der Waals surface area (Å²) in [5, 5.41) is 1.23. The van der Waals surface area contributed by atoms with Crippen LogP contribution in [0.15, 0.2) is 18.2 Å². The highest BCUT2D eigenvalue weighted by Crippen LogP contribution is 2.31. The van der Waals surface area contributed by atoms with Crippen LogP contribution in [0.25, 0.3) is 0 Å². The molecule has 1 aromatic rings. The van der Waals surface area contributed by atoms with Gasteiger partial charge < -0.3 is 5.73 Å². The first-order chi connectivity index (χ1) is 7.06. The first-order valence-electron chi connectivity index (χ1n) is 5.21. The van der Waals surface area contributed by atoms with Gasteiger partial charge in [-0.2, -0.15) is 0 Å². The van der Waals surface area contributed by atoms with Gasteiger partial charge in [-0.1, -0.05) is 43.1 Å². The molecule has 1 nitrogen and oxygen atoms in total. The lowest BCUT2D eigenvalue weighted by Crippen LogP contribution is -2.12. The molecule has 0 amide bonds. The van der Waals surface area contributed by atoms with Gasteiger partial charge >= 0.3 is 0 Å². The van der Waals surface area contributed by atoms with Crippen LogP contribution in [0.1, 0.15) is 31.7 Å². The molecule has 0 radical (unpaired) electrons. The van der Waals surface area contributed by atoms with Crippen LogP contribution in [0.4, 0.5) is 0 Å². The van der Waals surface area contributed by atoms with Gasteiger partial charge in [0.1, 0.15) is 0 Å². The standard InChI is InChI=1S/C12H17Cl2N/c1-8(2)10(5-6-15)9-3-4-11(13)12(14)7-9/h3-4,7-8,10H,5-6,15H2,1-2H3. The van der Waals surface area contributed by atoms with E-state index in [0.29, 0.717) is 28.4 Å².